The van der Waals surface area contributed by atoms with E-state index in [1.54, 1.807) is 0 Å². The molecule has 2 aromatic rings. The Balaban J connectivity index is 1.57. The van der Waals surface area contributed by atoms with Crippen molar-refractivity contribution in [3.63, 3.8) is 0 Å². The van der Waals surface area contributed by atoms with E-state index in [-0.39, 0.29) is 11.8 Å². The van der Waals surface area contributed by atoms with Crippen molar-refractivity contribution in [2.45, 2.75) is 38.7 Å². The van der Waals surface area contributed by atoms with Crippen molar-refractivity contribution >= 4 is 5.91 Å². The highest BCUT2D eigenvalue weighted by atomic mass is 16.5. The smallest absolute Gasteiger partial charge is 0.257 e. The molecule has 0 aliphatic carbocycles. The van der Waals surface area contributed by atoms with E-state index in [1.807, 2.05) is 42.2 Å². The number of carbonyl (C=O) groups excluding carboxylic acids is 1. The molecular weight excluding hydrogens is 318 g/mol. The first-order valence-electron chi connectivity index (χ1n) is 8.79. The molecule has 25 heavy (non-hydrogen) atoms. The summed E-state index contributed by atoms with van der Waals surface area (Å²) in [5.74, 6) is 1.86. The third-order valence-electron chi connectivity index (χ3n) is 4.71. The number of aromatic nitrogens is 1. The molecular formula is C19H25N3O3. The number of nitrogens with zero attached hydrogens (tertiary/aromatic N) is 2. The summed E-state index contributed by atoms with van der Waals surface area (Å²) in [5.41, 5.74) is 7.52. The highest BCUT2D eigenvalue weighted by Gasteiger charge is 2.28. The van der Waals surface area contributed by atoms with E-state index in [4.69, 9.17) is 15.0 Å². The molecule has 1 aliphatic rings. The number of piperidine rings is 1. The zero-order valence-corrected chi connectivity index (χ0v) is 14.6. The molecule has 0 atom stereocenters. The Morgan fingerprint density at radius 1 is 1.32 bits per heavy atom. The lowest BCUT2D eigenvalue weighted by Crippen LogP contribution is -2.38. The second kappa shape index (κ2) is 8.16. The average molecular weight is 343 g/mol. The predicted octanol–water partition coefficient (Wildman–Crippen LogP) is 2.62. The highest BCUT2D eigenvalue weighted by Crippen LogP contribution is 2.34. The van der Waals surface area contributed by atoms with Crippen LogP contribution in [0.2, 0.25) is 0 Å². The minimum atomic E-state index is 0.141. The summed E-state index contributed by atoms with van der Waals surface area (Å²) in [6.07, 6.45) is 2.18. The average Bonchev–Trinajstić information content (AvgIpc) is 3.02. The van der Waals surface area contributed by atoms with E-state index in [9.17, 15) is 4.79 Å². The zero-order chi connectivity index (χ0) is 17.6. The van der Waals surface area contributed by atoms with Gasteiger partial charge in [0.05, 0.1) is 5.56 Å². The molecule has 1 fully saturated rings. The number of rotatable bonds is 6. The lowest BCUT2D eigenvalue weighted by Gasteiger charge is -2.31. The summed E-state index contributed by atoms with van der Waals surface area (Å²) in [5, 5.41) is 4.10. The summed E-state index contributed by atoms with van der Waals surface area (Å²) in [4.78, 5) is 13.8. The van der Waals surface area contributed by atoms with E-state index in [1.165, 1.54) is 0 Å². The lowest BCUT2D eigenvalue weighted by atomic mass is 9.92. The molecule has 0 radical (unpaired) electrons. The van der Waals surface area contributed by atoms with Crippen LogP contribution >= 0.6 is 0 Å². The van der Waals surface area contributed by atoms with Crippen molar-refractivity contribution in [2.75, 3.05) is 19.6 Å². The van der Waals surface area contributed by atoms with Gasteiger partial charge in [-0.25, -0.2) is 0 Å². The van der Waals surface area contributed by atoms with Crippen molar-refractivity contribution in [3.8, 4) is 5.88 Å². The summed E-state index contributed by atoms with van der Waals surface area (Å²) >= 11 is 0. The Kier molecular flexibility index (Phi) is 5.71. The maximum atomic E-state index is 11.9. The Bertz CT molecular complexity index is 691. The van der Waals surface area contributed by atoms with Crippen molar-refractivity contribution in [1.29, 1.82) is 0 Å². The van der Waals surface area contributed by atoms with Gasteiger partial charge >= 0.3 is 0 Å². The number of benzene rings is 1. The first-order chi connectivity index (χ1) is 12.2. The summed E-state index contributed by atoms with van der Waals surface area (Å²) < 4.78 is 11.4. The lowest BCUT2D eigenvalue weighted by molar-refractivity contribution is -0.132. The highest BCUT2D eigenvalue weighted by molar-refractivity contribution is 5.76. The third-order valence-corrected chi connectivity index (χ3v) is 4.71. The molecule has 3 rings (SSSR count). The predicted molar refractivity (Wildman–Crippen MR) is 94.2 cm³/mol. The van der Waals surface area contributed by atoms with Gasteiger partial charge in [-0.1, -0.05) is 30.3 Å². The zero-order valence-electron chi connectivity index (χ0n) is 14.6. The molecule has 0 spiro atoms. The van der Waals surface area contributed by atoms with Crippen LogP contribution in [0.1, 0.15) is 42.1 Å². The maximum absolute atomic E-state index is 11.9. The van der Waals surface area contributed by atoms with Crippen LogP contribution in [0.15, 0.2) is 34.9 Å². The molecule has 2 N–H and O–H groups in total. The van der Waals surface area contributed by atoms with Gasteiger partial charge in [0.15, 0.2) is 0 Å². The van der Waals surface area contributed by atoms with Crippen LogP contribution < -0.4 is 10.5 Å². The monoisotopic (exact) mass is 343 g/mol. The fraction of sp³-hybridized carbons (Fsp3) is 0.474. The van der Waals surface area contributed by atoms with Crippen LogP contribution in [0.4, 0.5) is 0 Å². The van der Waals surface area contributed by atoms with Crippen molar-refractivity contribution in [2.24, 2.45) is 5.73 Å². The van der Waals surface area contributed by atoms with Gasteiger partial charge in [-0.3, -0.25) is 4.79 Å². The van der Waals surface area contributed by atoms with Gasteiger partial charge < -0.3 is 19.9 Å². The SMILES string of the molecule is Cc1c(OCc2ccccc2)noc1C1CCN(C(=O)CCN)CC1. The fourth-order valence-corrected chi connectivity index (χ4v) is 3.25. The second-order valence-corrected chi connectivity index (χ2v) is 6.44. The van der Waals surface area contributed by atoms with Crippen molar-refractivity contribution < 1.29 is 14.1 Å². The number of likely N-dealkylation sites (tertiary alicyclic amines) is 1. The molecule has 0 saturated carbocycles. The minimum absolute atomic E-state index is 0.141. The number of hydrogen-bond donors (Lipinski definition) is 1. The fourth-order valence-electron chi connectivity index (χ4n) is 3.25. The van der Waals surface area contributed by atoms with E-state index in [0.29, 0.717) is 25.5 Å². The van der Waals surface area contributed by atoms with Crippen LogP contribution in [0.3, 0.4) is 0 Å². The Labute approximate surface area is 147 Å². The molecule has 1 amide bonds. The normalized spacial score (nSPS) is 15.4. The standard InChI is InChI=1S/C19H25N3O3/c1-14-18(16-8-11-22(12-9-16)17(23)7-10-20)25-21-19(14)24-13-15-5-3-2-4-6-15/h2-6,16H,7-13,20H2,1H3. The van der Waals surface area contributed by atoms with Gasteiger partial charge in [0.2, 0.25) is 5.91 Å². The van der Waals surface area contributed by atoms with Crippen LogP contribution in [0.25, 0.3) is 0 Å². The van der Waals surface area contributed by atoms with Crippen LogP contribution in [0, 0.1) is 6.92 Å². The molecule has 1 saturated heterocycles. The first kappa shape index (κ1) is 17.5. The van der Waals surface area contributed by atoms with E-state index in [2.05, 4.69) is 5.16 Å². The van der Waals surface area contributed by atoms with Gasteiger partial charge in [-0.05, 0) is 30.5 Å². The van der Waals surface area contributed by atoms with Crippen LogP contribution in [-0.4, -0.2) is 35.6 Å². The molecule has 6 nitrogen and oxygen atoms in total. The Morgan fingerprint density at radius 2 is 2.04 bits per heavy atom. The van der Waals surface area contributed by atoms with Gasteiger partial charge in [0.1, 0.15) is 12.4 Å². The van der Waals surface area contributed by atoms with E-state index < -0.39 is 0 Å². The third kappa shape index (κ3) is 4.20. The van der Waals surface area contributed by atoms with Gasteiger partial charge in [0, 0.05) is 32.0 Å². The summed E-state index contributed by atoms with van der Waals surface area (Å²) in [7, 11) is 0. The topological polar surface area (TPSA) is 81.6 Å². The van der Waals surface area contributed by atoms with Crippen molar-refractivity contribution in [3.05, 3.63) is 47.2 Å². The Morgan fingerprint density at radius 3 is 2.72 bits per heavy atom. The molecule has 2 heterocycles. The number of carbonyl (C=O) groups is 1. The van der Waals surface area contributed by atoms with Gasteiger partial charge in [-0.15, -0.1) is 0 Å². The molecule has 134 valence electrons. The number of nitrogens with two attached hydrogens (primary N) is 1. The summed E-state index contributed by atoms with van der Waals surface area (Å²) in [6, 6.07) is 9.99. The first-order valence-corrected chi connectivity index (χ1v) is 8.79. The van der Waals surface area contributed by atoms with Crippen LogP contribution in [-0.2, 0) is 11.4 Å². The maximum Gasteiger partial charge on any atom is 0.257 e. The van der Waals surface area contributed by atoms with Crippen molar-refractivity contribution in [1.82, 2.24) is 10.1 Å². The van der Waals surface area contributed by atoms with E-state index in [0.717, 1.165) is 42.8 Å². The number of hydrogen-bond acceptors (Lipinski definition) is 5. The molecule has 0 bridgehead atoms. The van der Waals surface area contributed by atoms with E-state index >= 15 is 0 Å². The molecule has 0 unspecified atom stereocenters. The number of ether oxygens (including phenoxy) is 1. The summed E-state index contributed by atoms with van der Waals surface area (Å²) in [6.45, 7) is 4.34. The quantitative estimate of drug-likeness (QED) is 0.872. The largest absolute Gasteiger partial charge is 0.470 e. The van der Waals surface area contributed by atoms with Crippen LogP contribution in [0.5, 0.6) is 5.88 Å². The molecule has 1 aromatic heterocycles. The van der Waals surface area contributed by atoms with Gasteiger partial charge in [0.25, 0.3) is 5.88 Å². The minimum Gasteiger partial charge on any atom is -0.470 e. The molecule has 1 aliphatic heterocycles. The van der Waals surface area contributed by atoms with Gasteiger partial charge in [-0.2, -0.15) is 0 Å². The Hall–Kier alpha value is -2.34. The second-order valence-electron chi connectivity index (χ2n) is 6.44. The molecule has 6 heteroatoms. The molecule has 1 aromatic carbocycles. The number of amides is 1.